The minimum atomic E-state index is -2.45. The van der Waals surface area contributed by atoms with E-state index >= 15 is 0 Å². The van der Waals surface area contributed by atoms with Gasteiger partial charge in [-0.2, -0.15) is 0 Å². The van der Waals surface area contributed by atoms with E-state index in [9.17, 15) is 8.78 Å². The van der Waals surface area contributed by atoms with Crippen molar-refractivity contribution in [2.24, 2.45) is 0 Å². The number of hydrogen-bond donors (Lipinski definition) is 1. The summed E-state index contributed by atoms with van der Waals surface area (Å²) in [6.07, 6.45) is -2.45. The maximum atomic E-state index is 12.4. The third-order valence-electron chi connectivity index (χ3n) is 2.79. The maximum Gasteiger partial charge on any atom is 0.290 e. The molecule has 1 aromatic carbocycles. The third kappa shape index (κ3) is 5.17. The van der Waals surface area contributed by atoms with Gasteiger partial charge in [0.2, 0.25) is 0 Å². The van der Waals surface area contributed by atoms with Crippen LogP contribution >= 0.6 is 0 Å². The number of rotatable bonds is 8. The lowest BCUT2D eigenvalue weighted by Gasteiger charge is -2.19. The van der Waals surface area contributed by atoms with Crippen molar-refractivity contribution in [1.82, 2.24) is 4.90 Å². The largest absolute Gasteiger partial charge is 0.429 e. The van der Waals surface area contributed by atoms with E-state index in [0.717, 1.165) is 0 Å². The van der Waals surface area contributed by atoms with Crippen molar-refractivity contribution in [3.63, 3.8) is 0 Å². The number of benzene rings is 1. The molecular formula is C15H17F2NO3. The molecule has 21 heavy (non-hydrogen) atoms. The first kappa shape index (κ1) is 15.5. The molecule has 1 N–H and O–H groups in total. The topological polar surface area (TPSA) is 45.8 Å². The van der Waals surface area contributed by atoms with Gasteiger partial charge in [0, 0.05) is 12.6 Å². The summed E-state index contributed by atoms with van der Waals surface area (Å²) in [4.78, 5) is 1.43. The van der Waals surface area contributed by atoms with E-state index in [-0.39, 0.29) is 19.7 Å². The fourth-order valence-corrected chi connectivity index (χ4v) is 1.89. The van der Waals surface area contributed by atoms with Gasteiger partial charge in [-0.05, 0) is 18.2 Å². The zero-order valence-corrected chi connectivity index (χ0v) is 11.4. The minimum Gasteiger partial charge on any atom is -0.429 e. The summed E-state index contributed by atoms with van der Waals surface area (Å²) in [6, 6.07) is 12.4. The van der Waals surface area contributed by atoms with Crippen molar-refractivity contribution in [3.8, 4) is 11.7 Å². The molecule has 0 aliphatic carbocycles. The normalized spacial score (nSPS) is 11.3. The van der Waals surface area contributed by atoms with Crippen molar-refractivity contribution in [3.05, 3.63) is 48.2 Å². The van der Waals surface area contributed by atoms with E-state index < -0.39 is 13.0 Å². The molecule has 0 bridgehead atoms. The number of alkyl halides is 2. The highest BCUT2D eigenvalue weighted by atomic mass is 19.3. The van der Waals surface area contributed by atoms with Gasteiger partial charge in [0.15, 0.2) is 0 Å². The predicted octanol–water partition coefficient (Wildman–Crippen LogP) is 3.13. The lowest BCUT2D eigenvalue weighted by Crippen LogP contribution is -2.31. The molecule has 0 fully saturated rings. The average Bonchev–Trinajstić information content (AvgIpc) is 2.86. The van der Waals surface area contributed by atoms with Crippen LogP contribution in [0.25, 0.3) is 0 Å². The second-order valence-corrected chi connectivity index (χ2v) is 4.49. The van der Waals surface area contributed by atoms with Crippen LogP contribution in [0.4, 0.5) is 8.78 Å². The average molecular weight is 297 g/mol. The van der Waals surface area contributed by atoms with Crippen LogP contribution in [-0.4, -0.2) is 36.1 Å². The summed E-state index contributed by atoms with van der Waals surface area (Å²) in [5.74, 6) is 1.45. The van der Waals surface area contributed by atoms with Crippen molar-refractivity contribution < 1.29 is 23.0 Å². The summed E-state index contributed by atoms with van der Waals surface area (Å²) in [5.41, 5.74) is 0. The number of aliphatic hydroxyl groups excluding tert-OH is 1. The molecule has 2 aromatic rings. The molecule has 0 spiro atoms. The first-order valence-corrected chi connectivity index (χ1v) is 6.60. The molecule has 0 aliphatic rings. The molecule has 0 saturated heterocycles. The Kier molecular flexibility index (Phi) is 5.71. The first-order chi connectivity index (χ1) is 10.2. The van der Waals surface area contributed by atoms with E-state index in [1.807, 2.05) is 18.2 Å². The minimum absolute atomic E-state index is 0.167. The number of para-hydroxylation sites is 1. The van der Waals surface area contributed by atoms with Gasteiger partial charge in [0.25, 0.3) is 12.4 Å². The number of nitrogens with zero attached hydrogens (tertiary/aromatic N) is 1. The second-order valence-electron chi connectivity index (χ2n) is 4.49. The van der Waals surface area contributed by atoms with Crippen LogP contribution < -0.4 is 4.74 Å². The third-order valence-corrected chi connectivity index (χ3v) is 2.79. The fourth-order valence-electron chi connectivity index (χ4n) is 1.89. The number of aliphatic hydroxyl groups is 1. The Bertz CT molecular complexity index is 531. The molecule has 0 amide bonds. The van der Waals surface area contributed by atoms with E-state index in [1.54, 1.807) is 24.3 Å². The molecule has 114 valence electrons. The number of halogens is 2. The molecule has 1 heterocycles. The summed E-state index contributed by atoms with van der Waals surface area (Å²) < 4.78 is 35.8. The summed E-state index contributed by atoms with van der Waals surface area (Å²) in [7, 11) is 0. The monoisotopic (exact) mass is 297 g/mol. The fraction of sp³-hybridized carbons (Fsp3) is 0.333. The Labute approximate surface area is 121 Å². The van der Waals surface area contributed by atoms with Gasteiger partial charge in [-0.25, -0.2) is 8.78 Å². The lowest BCUT2D eigenvalue weighted by molar-refractivity contribution is 0.0708. The molecule has 4 nitrogen and oxygen atoms in total. The van der Waals surface area contributed by atoms with Crippen LogP contribution in [0.3, 0.4) is 0 Å². The Morgan fingerprint density at radius 1 is 1.14 bits per heavy atom. The number of ether oxygens (including phenoxy) is 1. The SMILES string of the molecule is OCCN(Cc1ccc(Oc2ccccc2)o1)CC(F)F. The maximum absolute atomic E-state index is 12.4. The summed E-state index contributed by atoms with van der Waals surface area (Å²) in [6.45, 7) is -0.222. The number of furan rings is 1. The molecule has 0 unspecified atom stereocenters. The summed E-state index contributed by atoms with van der Waals surface area (Å²) in [5, 5.41) is 8.89. The van der Waals surface area contributed by atoms with E-state index in [4.69, 9.17) is 14.3 Å². The van der Waals surface area contributed by atoms with Crippen LogP contribution in [0.5, 0.6) is 11.7 Å². The van der Waals surface area contributed by atoms with Gasteiger partial charge in [-0.15, -0.1) is 0 Å². The lowest BCUT2D eigenvalue weighted by atomic mass is 10.3. The second kappa shape index (κ2) is 7.75. The Morgan fingerprint density at radius 3 is 2.57 bits per heavy atom. The van der Waals surface area contributed by atoms with Crippen molar-refractivity contribution >= 4 is 0 Å². The van der Waals surface area contributed by atoms with Gasteiger partial charge in [-0.3, -0.25) is 4.90 Å². The molecule has 0 atom stereocenters. The molecule has 1 aromatic heterocycles. The molecular weight excluding hydrogens is 280 g/mol. The molecule has 6 heteroatoms. The van der Waals surface area contributed by atoms with E-state index in [1.165, 1.54) is 4.90 Å². The highest BCUT2D eigenvalue weighted by Crippen LogP contribution is 2.24. The standard InChI is InChI=1S/C15H17F2NO3/c16-14(17)11-18(8-9-19)10-13-6-7-15(21-13)20-12-4-2-1-3-5-12/h1-7,14,19H,8-11H2. The Hall–Kier alpha value is -1.92. The van der Waals surface area contributed by atoms with E-state index in [2.05, 4.69) is 0 Å². The Morgan fingerprint density at radius 2 is 1.90 bits per heavy atom. The zero-order chi connectivity index (χ0) is 15.1. The molecule has 2 rings (SSSR count). The van der Waals surface area contributed by atoms with Crippen LogP contribution in [-0.2, 0) is 6.54 Å². The van der Waals surface area contributed by atoms with Crippen molar-refractivity contribution in [1.29, 1.82) is 0 Å². The molecule has 0 aliphatic heterocycles. The van der Waals surface area contributed by atoms with Crippen LogP contribution in [0, 0.1) is 0 Å². The van der Waals surface area contributed by atoms with Gasteiger partial charge < -0.3 is 14.3 Å². The van der Waals surface area contributed by atoms with Crippen LogP contribution in [0.15, 0.2) is 46.9 Å². The van der Waals surface area contributed by atoms with Gasteiger partial charge >= 0.3 is 0 Å². The van der Waals surface area contributed by atoms with Crippen LogP contribution in [0.2, 0.25) is 0 Å². The highest BCUT2D eigenvalue weighted by Gasteiger charge is 2.14. The predicted molar refractivity (Wildman–Crippen MR) is 73.6 cm³/mol. The molecule has 0 radical (unpaired) electrons. The van der Waals surface area contributed by atoms with E-state index in [0.29, 0.717) is 17.5 Å². The Balaban J connectivity index is 1.95. The van der Waals surface area contributed by atoms with Crippen molar-refractivity contribution in [2.75, 3.05) is 19.7 Å². The summed E-state index contributed by atoms with van der Waals surface area (Å²) >= 11 is 0. The van der Waals surface area contributed by atoms with Gasteiger partial charge in [0.05, 0.1) is 19.7 Å². The van der Waals surface area contributed by atoms with Gasteiger partial charge in [0.1, 0.15) is 11.5 Å². The van der Waals surface area contributed by atoms with Crippen molar-refractivity contribution in [2.45, 2.75) is 13.0 Å². The zero-order valence-electron chi connectivity index (χ0n) is 11.4. The van der Waals surface area contributed by atoms with Gasteiger partial charge in [-0.1, -0.05) is 18.2 Å². The highest BCUT2D eigenvalue weighted by molar-refractivity contribution is 5.26. The number of hydrogen-bond acceptors (Lipinski definition) is 4. The first-order valence-electron chi connectivity index (χ1n) is 6.60. The smallest absolute Gasteiger partial charge is 0.290 e. The van der Waals surface area contributed by atoms with Crippen LogP contribution in [0.1, 0.15) is 5.76 Å². The molecule has 0 saturated carbocycles. The quantitative estimate of drug-likeness (QED) is 0.813.